The van der Waals surface area contributed by atoms with Crippen LogP contribution in [0.15, 0.2) is 24.3 Å². The number of nitrogens with zero attached hydrogens (tertiary/aromatic N) is 1. The molecule has 1 N–H and O–H groups in total. The van der Waals surface area contributed by atoms with E-state index in [1.807, 2.05) is 0 Å². The minimum atomic E-state index is -0.704. The van der Waals surface area contributed by atoms with Crippen molar-refractivity contribution in [2.24, 2.45) is 5.92 Å². The summed E-state index contributed by atoms with van der Waals surface area (Å²) < 4.78 is 18.2. The molecule has 1 saturated heterocycles. The Morgan fingerprint density at radius 1 is 1.42 bits per heavy atom. The van der Waals surface area contributed by atoms with E-state index >= 15 is 0 Å². The molecule has 1 aromatic rings. The largest absolute Gasteiger partial charge is 0.494 e. The first kappa shape index (κ1) is 13.8. The van der Waals surface area contributed by atoms with E-state index in [0.29, 0.717) is 18.9 Å². The van der Waals surface area contributed by atoms with Crippen molar-refractivity contribution in [1.29, 1.82) is 0 Å². The molecule has 0 unspecified atom stereocenters. The monoisotopic (exact) mass is 267 g/mol. The van der Waals surface area contributed by atoms with Crippen molar-refractivity contribution in [3.63, 3.8) is 0 Å². The SMILES string of the molecule is O=C(O)[C@H]1CCN(CCCOc2ccc(F)cc2)C1. The maximum Gasteiger partial charge on any atom is 0.307 e. The summed E-state index contributed by atoms with van der Waals surface area (Å²) in [6, 6.07) is 5.94. The molecule has 2 rings (SSSR count). The molecule has 0 amide bonds. The second-order valence-corrected chi connectivity index (χ2v) is 4.78. The molecule has 104 valence electrons. The Hall–Kier alpha value is -1.62. The summed E-state index contributed by atoms with van der Waals surface area (Å²) in [6.45, 7) is 2.87. The average Bonchev–Trinajstić information content (AvgIpc) is 2.86. The molecular formula is C14H18FNO3. The van der Waals surface area contributed by atoms with Gasteiger partial charge in [-0.15, -0.1) is 0 Å². The average molecular weight is 267 g/mol. The first-order valence-electron chi connectivity index (χ1n) is 6.48. The minimum absolute atomic E-state index is 0.224. The van der Waals surface area contributed by atoms with E-state index in [2.05, 4.69) is 4.90 Å². The van der Waals surface area contributed by atoms with Gasteiger partial charge in [-0.25, -0.2) is 4.39 Å². The lowest BCUT2D eigenvalue weighted by Gasteiger charge is -2.15. The van der Waals surface area contributed by atoms with Crippen LogP contribution < -0.4 is 4.74 Å². The quantitative estimate of drug-likeness (QED) is 0.801. The number of carboxylic acid groups (broad SMARTS) is 1. The van der Waals surface area contributed by atoms with Gasteiger partial charge in [0, 0.05) is 13.1 Å². The number of rotatable bonds is 6. The maximum atomic E-state index is 12.7. The van der Waals surface area contributed by atoms with Crippen molar-refractivity contribution in [3.8, 4) is 5.75 Å². The molecule has 0 bridgehead atoms. The van der Waals surface area contributed by atoms with Crippen LogP contribution in [-0.4, -0.2) is 42.2 Å². The molecular weight excluding hydrogens is 249 g/mol. The summed E-state index contributed by atoms with van der Waals surface area (Å²) in [5, 5.41) is 8.89. The standard InChI is InChI=1S/C14H18FNO3/c15-12-2-4-13(5-3-12)19-9-1-7-16-8-6-11(10-16)14(17)18/h2-5,11H,1,6-10H2,(H,17,18)/t11-/m0/s1. The van der Waals surface area contributed by atoms with E-state index in [1.54, 1.807) is 12.1 Å². The van der Waals surface area contributed by atoms with Crippen LogP contribution in [0.1, 0.15) is 12.8 Å². The Bertz CT molecular complexity index is 421. The molecule has 1 aliphatic heterocycles. The predicted molar refractivity (Wildman–Crippen MR) is 68.7 cm³/mol. The third-order valence-corrected chi connectivity index (χ3v) is 3.32. The van der Waals surface area contributed by atoms with Crippen LogP contribution in [0.5, 0.6) is 5.75 Å². The van der Waals surface area contributed by atoms with Gasteiger partial charge in [0.15, 0.2) is 0 Å². The topological polar surface area (TPSA) is 49.8 Å². The summed E-state index contributed by atoms with van der Waals surface area (Å²) >= 11 is 0. The van der Waals surface area contributed by atoms with Crippen LogP contribution in [0.4, 0.5) is 4.39 Å². The number of carboxylic acids is 1. The number of hydrogen-bond acceptors (Lipinski definition) is 3. The maximum absolute atomic E-state index is 12.7. The van der Waals surface area contributed by atoms with Gasteiger partial charge in [-0.2, -0.15) is 0 Å². The van der Waals surface area contributed by atoms with E-state index in [1.165, 1.54) is 12.1 Å². The normalized spacial score (nSPS) is 19.5. The van der Waals surface area contributed by atoms with E-state index in [9.17, 15) is 9.18 Å². The summed E-state index contributed by atoms with van der Waals surface area (Å²) in [6.07, 6.45) is 1.57. The first-order chi connectivity index (χ1) is 9.15. The van der Waals surface area contributed by atoms with Gasteiger partial charge < -0.3 is 14.7 Å². The van der Waals surface area contributed by atoms with E-state index in [0.717, 1.165) is 25.9 Å². The Morgan fingerprint density at radius 3 is 2.79 bits per heavy atom. The third kappa shape index (κ3) is 4.21. The molecule has 1 atom stereocenters. The third-order valence-electron chi connectivity index (χ3n) is 3.32. The summed E-state index contributed by atoms with van der Waals surface area (Å²) in [5.41, 5.74) is 0. The molecule has 1 aliphatic rings. The molecule has 0 aliphatic carbocycles. The smallest absolute Gasteiger partial charge is 0.307 e. The van der Waals surface area contributed by atoms with Crippen LogP contribution in [0.3, 0.4) is 0 Å². The first-order valence-corrected chi connectivity index (χ1v) is 6.48. The molecule has 0 saturated carbocycles. The number of hydrogen-bond donors (Lipinski definition) is 1. The predicted octanol–water partition coefficient (Wildman–Crippen LogP) is 2.00. The van der Waals surface area contributed by atoms with Crippen LogP contribution in [0.25, 0.3) is 0 Å². The van der Waals surface area contributed by atoms with E-state index in [-0.39, 0.29) is 11.7 Å². The number of aliphatic carboxylic acids is 1. The highest BCUT2D eigenvalue weighted by Crippen LogP contribution is 2.16. The molecule has 4 nitrogen and oxygen atoms in total. The Balaban J connectivity index is 1.62. The molecule has 1 heterocycles. The van der Waals surface area contributed by atoms with Crippen molar-refractivity contribution in [1.82, 2.24) is 4.90 Å². The fourth-order valence-electron chi connectivity index (χ4n) is 2.25. The second-order valence-electron chi connectivity index (χ2n) is 4.78. The molecule has 5 heteroatoms. The van der Waals surface area contributed by atoms with Gasteiger partial charge in [0.2, 0.25) is 0 Å². The van der Waals surface area contributed by atoms with Gasteiger partial charge in [-0.3, -0.25) is 4.79 Å². The van der Waals surface area contributed by atoms with E-state index in [4.69, 9.17) is 9.84 Å². The van der Waals surface area contributed by atoms with Gasteiger partial charge in [0.1, 0.15) is 11.6 Å². The van der Waals surface area contributed by atoms with Crippen molar-refractivity contribution in [3.05, 3.63) is 30.1 Å². The van der Waals surface area contributed by atoms with Crippen LogP contribution >= 0.6 is 0 Å². The second kappa shape index (κ2) is 6.52. The van der Waals surface area contributed by atoms with Gasteiger partial charge in [0.05, 0.1) is 12.5 Å². The Labute approximate surface area is 111 Å². The van der Waals surface area contributed by atoms with Gasteiger partial charge in [0.25, 0.3) is 0 Å². The zero-order valence-electron chi connectivity index (χ0n) is 10.7. The lowest BCUT2D eigenvalue weighted by Crippen LogP contribution is -2.25. The van der Waals surface area contributed by atoms with Crippen molar-refractivity contribution in [2.75, 3.05) is 26.2 Å². The Kier molecular flexibility index (Phi) is 4.74. The molecule has 0 spiro atoms. The number of ether oxygens (including phenoxy) is 1. The fourth-order valence-corrected chi connectivity index (χ4v) is 2.25. The van der Waals surface area contributed by atoms with Gasteiger partial charge in [-0.05, 0) is 43.7 Å². The minimum Gasteiger partial charge on any atom is -0.494 e. The van der Waals surface area contributed by atoms with Gasteiger partial charge in [-0.1, -0.05) is 0 Å². The molecule has 1 fully saturated rings. The fraction of sp³-hybridized carbons (Fsp3) is 0.500. The van der Waals surface area contributed by atoms with E-state index < -0.39 is 5.97 Å². The number of likely N-dealkylation sites (tertiary alicyclic amines) is 1. The summed E-state index contributed by atoms with van der Waals surface area (Å²) in [7, 11) is 0. The summed E-state index contributed by atoms with van der Waals surface area (Å²) in [4.78, 5) is 13.0. The summed E-state index contributed by atoms with van der Waals surface area (Å²) in [5.74, 6) is -0.543. The van der Waals surface area contributed by atoms with Gasteiger partial charge >= 0.3 is 5.97 Å². The van der Waals surface area contributed by atoms with Crippen molar-refractivity contribution >= 4 is 5.97 Å². The highest BCUT2D eigenvalue weighted by atomic mass is 19.1. The Morgan fingerprint density at radius 2 is 2.16 bits per heavy atom. The highest BCUT2D eigenvalue weighted by Gasteiger charge is 2.27. The lowest BCUT2D eigenvalue weighted by molar-refractivity contribution is -0.141. The molecule has 1 aromatic carbocycles. The lowest BCUT2D eigenvalue weighted by atomic mass is 10.1. The number of halogens is 1. The molecule has 0 aromatic heterocycles. The number of benzene rings is 1. The van der Waals surface area contributed by atoms with Crippen molar-refractivity contribution < 1.29 is 19.0 Å². The zero-order valence-corrected chi connectivity index (χ0v) is 10.7. The number of carbonyl (C=O) groups is 1. The zero-order chi connectivity index (χ0) is 13.7. The van der Waals surface area contributed by atoms with Crippen molar-refractivity contribution in [2.45, 2.75) is 12.8 Å². The van der Waals surface area contributed by atoms with Crippen LogP contribution in [0.2, 0.25) is 0 Å². The molecule has 19 heavy (non-hydrogen) atoms. The van der Waals surface area contributed by atoms with Crippen LogP contribution in [0, 0.1) is 11.7 Å². The van der Waals surface area contributed by atoms with Crippen LogP contribution in [-0.2, 0) is 4.79 Å². The molecule has 0 radical (unpaired) electrons. The highest BCUT2D eigenvalue weighted by molar-refractivity contribution is 5.70.